The summed E-state index contributed by atoms with van der Waals surface area (Å²) in [6.45, 7) is 3.20. The summed E-state index contributed by atoms with van der Waals surface area (Å²) in [5, 5.41) is 89.7. The molecule has 5 heterocycles. The van der Waals surface area contributed by atoms with E-state index in [0.717, 1.165) is 0 Å². The van der Waals surface area contributed by atoms with E-state index >= 15 is 0 Å². The summed E-state index contributed by atoms with van der Waals surface area (Å²) in [6, 6.07) is -0.990. The molecule has 6 atom stereocenters. The Morgan fingerprint density at radius 2 is 1.13 bits per heavy atom. The molecule has 20 nitrogen and oxygen atoms in total. The normalized spacial score (nSPS) is 28.4. The van der Waals surface area contributed by atoms with Gasteiger partial charge >= 0.3 is 47.8 Å². The van der Waals surface area contributed by atoms with Gasteiger partial charge in [-0.2, -0.15) is 0 Å². The fourth-order valence-electron chi connectivity index (χ4n) is 9.52. The van der Waals surface area contributed by atoms with Gasteiger partial charge in [0.05, 0.1) is 31.7 Å². The van der Waals surface area contributed by atoms with E-state index < -0.39 is 134 Å². The molecule has 8 bridgehead atoms. The van der Waals surface area contributed by atoms with Gasteiger partial charge in [0.1, 0.15) is 0 Å². The van der Waals surface area contributed by atoms with E-state index in [2.05, 4.69) is 20.9 Å². The highest BCUT2D eigenvalue weighted by atomic mass is 16.4. The number of H-pyrrole nitrogens is 1. The molecule has 5 rings (SSSR count). The summed E-state index contributed by atoms with van der Waals surface area (Å²) in [6.07, 6.45) is 1.62. The third kappa shape index (κ3) is 10.2. The summed E-state index contributed by atoms with van der Waals surface area (Å²) in [7, 11) is 0. The van der Waals surface area contributed by atoms with Crippen molar-refractivity contribution in [1.29, 1.82) is 0 Å². The minimum absolute atomic E-state index is 0.0885. The molecule has 1 aromatic rings. The molecule has 1 aromatic heterocycles. The lowest BCUT2D eigenvalue weighted by Crippen LogP contribution is -2.38. The lowest BCUT2D eigenvalue weighted by molar-refractivity contribution is -0.140. The van der Waals surface area contributed by atoms with Crippen molar-refractivity contribution in [3.63, 3.8) is 0 Å². The van der Waals surface area contributed by atoms with Crippen LogP contribution < -0.4 is 16.0 Å². The van der Waals surface area contributed by atoms with E-state index in [4.69, 9.17) is 0 Å². The minimum atomic E-state index is -1.41. The van der Waals surface area contributed by atoms with Crippen LogP contribution >= 0.6 is 0 Å². The lowest BCUT2D eigenvalue weighted by atomic mass is 9.71. The summed E-state index contributed by atoms with van der Waals surface area (Å²) in [5.41, 5.74) is -0.416. The Hall–Kier alpha value is -6.86. The third-order valence-electron chi connectivity index (χ3n) is 12.4. The smallest absolute Gasteiger partial charge is 0.307 e. The third-order valence-corrected chi connectivity index (χ3v) is 12.4. The highest BCUT2D eigenvalue weighted by molar-refractivity contribution is 5.78. The second-order valence-corrected chi connectivity index (χ2v) is 16.6. The first kappa shape index (κ1) is 46.2. The fourth-order valence-corrected chi connectivity index (χ4v) is 9.52. The highest BCUT2D eigenvalue weighted by Crippen LogP contribution is 2.52. The molecule has 0 amide bonds. The first-order chi connectivity index (χ1) is 29.0. The van der Waals surface area contributed by atoms with Crippen molar-refractivity contribution in [1.82, 2.24) is 20.9 Å². The van der Waals surface area contributed by atoms with Gasteiger partial charge in [0, 0.05) is 94.1 Å². The van der Waals surface area contributed by atoms with Gasteiger partial charge in [-0.1, -0.05) is 13.8 Å². The fraction of sp³-hybridized carbons (Fsp3) is 0.476. The minimum Gasteiger partial charge on any atom is -0.481 e. The van der Waals surface area contributed by atoms with Crippen molar-refractivity contribution in [3.05, 3.63) is 68.7 Å². The molecule has 334 valence electrons. The molecule has 4 aliphatic heterocycles. The predicted molar refractivity (Wildman–Crippen MR) is 214 cm³/mol. The summed E-state index contributed by atoms with van der Waals surface area (Å²) in [4.78, 5) is 101. The van der Waals surface area contributed by atoms with Gasteiger partial charge in [-0.05, 0) is 66.7 Å². The molecule has 62 heavy (non-hydrogen) atoms. The zero-order chi connectivity index (χ0) is 45.8. The molecule has 2 fully saturated rings. The van der Waals surface area contributed by atoms with Crippen LogP contribution in [0.3, 0.4) is 0 Å². The van der Waals surface area contributed by atoms with E-state index in [-0.39, 0.29) is 71.0 Å². The van der Waals surface area contributed by atoms with Crippen molar-refractivity contribution < 1.29 is 79.2 Å². The van der Waals surface area contributed by atoms with Crippen LogP contribution in [-0.4, -0.2) is 99.6 Å². The largest absolute Gasteiger partial charge is 0.481 e. The van der Waals surface area contributed by atoms with Crippen LogP contribution in [0.15, 0.2) is 46.2 Å². The van der Waals surface area contributed by atoms with Crippen LogP contribution in [0.2, 0.25) is 0 Å². The van der Waals surface area contributed by atoms with Crippen molar-refractivity contribution in [2.75, 3.05) is 0 Å². The maximum absolute atomic E-state index is 12.6. The van der Waals surface area contributed by atoms with Gasteiger partial charge in [0.15, 0.2) is 0 Å². The molecule has 20 heteroatoms. The topological polar surface area (TPSA) is 350 Å². The molecule has 1 unspecified atom stereocenters. The van der Waals surface area contributed by atoms with Crippen molar-refractivity contribution in [2.24, 2.45) is 28.6 Å². The average molecular weight is 867 g/mol. The Kier molecular flexibility index (Phi) is 13.7. The van der Waals surface area contributed by atoms with Crippen LogP contribution in [0.5, 0.6) is 0 Å². The maximum Gasteiger partial charge on any atom is 0.307 e. The number of carboxylic acids is 8. The van der Waals surface area contributed by atoms with E-state index in [1.54, 1.807) is 19.9 Å². The number of aliphatic carboxylic acids is 8. The maximum atomic E-state index is 12.6. The Morgan fingerprint density at radius 3 is 1.71 bits per heavy atom. The van der Waals surface area contributed by atoms with Crippen molar-refractivity contribution in [2.45, 2.75) is 96.9 Å². The standard InChI is InChI=1S/C42H50N4O16/c1-41(17-39(59)60)23(5-9-35(51)52)29-14-27-21(11-37(55)56)19(3-7-33(47)48)25(43-27)13-26-20(4-8-34(49)50)22(12-38(57)58)28(44-26)15-31-42(2,18-40(61)62)24(6-10-36(53)54)30(46-31)16-32(41)45-29/h13-16,20,22-23,31,43-46H,3-12,17-18H2,1-2H3,(H,47,48)(H,49,50)(H,51,52)(H,53,54)(H,55,56)(H,57,58)(H,59,60)(H,61,62)/b26-13-,28-15+,29-14-,32-16+/t20-,22+,23-,31?,41+,42+/m1/s1. The van der Waals surface area contributed by atoms with Crippen LogP contribution in [-0.2, 0) is 51.2 Å². The number of aromatic nitrogens is 1. The monoisotopic (exact) mass is 866 g/mol. The zero-order valence-electron chi connectivity index (χ0n) is 33.9. The lowest BCUT2D eigenvalue weighted by Gasteiger charge is -2.32. The van der Waals surface area contributed by atoms with Gasteiger partial charge < -0.3 is 61.8 Å². The molecule has 2 saturated heterocycles. The number of fused-ring (bicyclic) bond motifs is 8. The van der Waals surface area contributed by atoms with E-state index in [0.29, 0.717) is 11.3 Å². The number of aromatic amines is 1. The molecule has 4 aliphatic rings. The number of nitrogens with one attached hydrogen (secondary N) is 4. The summed E-state index contributed by atoms with van der Waals surface area (Å²) < 4.78 is 0. The van der Waals surface area contributed by atoms with E-state index in [9.17, 15) is 79.2 Å². The van der Waals surface area contributed by atoms with Crippen LogP contribution in [0.25, 0.3) is 12.2 Å². The van der Waals surface area contributed by atoms with Crippen LogP contribution in [0.1, 0.15) is 101 Å². The van der Waals surface area contributed by atoms with Gasteiger partial charge in [-0.15, -0.1) is 0 Å². The molecule has 0 radical (unpaired) electrons. The Balaban J connectivity index is 1.94. The number of rotatable bonds is 20. The van der Waals surface area contributed by atoms with Gasteiger partial charge in [-0.25, -0.2) is 0 Å². The molecule has 0 saturated carbocycles. The zero-order valence-corrected chi connectivity index (χ0v) is 33.9. The predicted octanol–water partition coefficient (Wildman–Crippen LogP) is 3.43. The number of carbonyl (C=O) groups is 8. The first-order valence-corrected chi connectivity index (χ1v) is 19.9. The summed E-state index contributed by atoms with van der Waals surface area (Å²) in [5.74, 6) is -12.5. The molecule has 12 N–H and O–H groups in total. The number of hydrogen-bond donors (Lipinski definition) is 12. The summed E-state index contributed by atoms with van der Waals surface area (Å²) >= 11 is 0. The SMILES string of the molecule is C[C@]1(CC(=O)O)C(CCC(=O)O)=C2/C=C3/N/C(=C\c4[nH]c(c(CCC(=O)O)c4CC(=O)O)/C=C4\N/C(=C/C1N2)[C@@H](CC(=O)O)[C@H]4CCC(=O)O)[C@@H](CCC(=O)O)[C@]3(C)CC(=O)O. The van der Waals surface area contributed by atoms with Crippen LogP contribution in [0, 0.1) is 28.6 Å². The Bertz CT molecular complexity index is 2250. The number of carboxylic acid groups (broad SMARTS) is 8. The van der Waals surface area contributed by atoms with E-state index in [1.165, 1.54) is 18.2 Å². The Morgan fingerprint density at radius 1 is 0.565 bits per heavy atom. The number of allylic oxidation sites excluding steroid dienone is 5. The van der Waals surface area contributed by atoms with Gasteiger partial charge in [0.2, 0.25) is 0 Å². The van der Waals surface area contributed by atoms with E-state index in [1.807, 2.05) is 0 Å². The molecule has 0 aromatic carbocycles. The highest BCUT2D eigenvalue weighted by Gasteiger charge is 2.50. The average Bonchev–Trinajstić information content (AvgIpc) is 3.77. The van der Waals surface area contributed by atoms with Crippen molar-refractivity contribution in [3.8, 4) is 0 Å². The second-order valence-electron chi connectivity index (χ2n) is 16.6. The Labute approximate surface area is 353 Å². The number of hydrogen-bond acceptors (Lipinski definition) is 11. The molecule has 0 spiro atoms. The van der Waals surface area contributed by atoms with Gasteiger partial charge in [-0.3, -0.25) is 38.4 Å². The molecule has 0 aliphatic carbocycles. The quantitative estimate of drug-likeness (QED) is 0.0893. The van der Waals surface area contributed by atoms with Crippen molar-refractivity contribution >= 4 is 59.9 Å². The molecular weight excluding hydrogens is 816 g/mol. The molecular formula is C42H50N4O16. The van der Waals surface area contributed by atoms with Gasteiger partial charge in [0.25, 0.3) is 0 Å². The first-order valence-electron chi connectivity index (χ1n) is 19.9. The second kappa shape index (κ2) is 18.4. The van der Waals surface area contributed by atoms with Crippen LogP contribution in [0.4, 0.5) is 0 Å².